The first-order valence-corrected chi connectivity index (χ1v) is 8.06. The Bertz CT molecular complexity index is 977. The molecule has 0 unspecified atom stereocenters. The number of alkyl halides is 3. The van der Waals surface area contributed by atoms with Crippen LogP contribution in [0.3, 0.4) is 0 Å². The number of hydrogen-bond acceptors (Lipinski definition) is 4. The number of nitriles is 1. The van der Waals surface area contributed by atoms with Crippen molar-refractivity contribution >= 4 is 23.0 Å². The summed E-state index contributed by atoms with van der Waals surface area (Å²) in [5.41, 5.74) is 0.723. The van der Waals surface area contributed by atoms with Crippen molar-refractivity contribution in [2.45, 2.75) is 13.1 Å². The minimum atomic E-state index is -4.41. The molecule has 0 fully saturated rings. The zero-order valence-corrected chi connectivity index (χ0v) is 13.8. The average molecular weight is 360 g/mol. The topological polar surface area (TPSA) is 49.8 Å². The second-order valence-corrected chi connectivity index (χ2v) is 6.10. The minimum absolute atomic E-state index is 0.296. The number of furan rings is 1. The Balaban J connectivity index is 1.93. The first-order valence-electron chi connectivity index (χ1n) is 7.18. The van der Waals surface area contributed by atoms with Gasteiger partial charge in [-0.3, -0.25) is 0 Å². The fraction of sp³-hybridized carbons (Fsp3) is 0.111. The molecule has 0 atom stereocenters. The van der Waals surface area contributed by atoms with Crippen LogP contribution >= 0.6 is 11.3 Å². The van der Waals surface area contributed by atoms with Crippen LogP contribution in [0.4, 0.5) is 13.2 Å². The molecule has 3 rings (SSSR count). The molecule has 0 aliphatic heterocycles. The van der Waals surface area contributed by atoms with E-state index >= 15 is 0 Å². The number of thiazole rings is 1. The van der Waals surface area contributed by atoms with Gasteiger partial charge in [-0.05, 0) is 31.2 Å². The van der Waals surface area contributed by atoms with E-state index in [0.29, 0.717) is 27.7 Å². The van der Waals surface area contributed by atoms with Gasteiger partial charge in [0.15, 0.2) is 0 Å². The molecule has 25 heavy (non-hydrogen) atoms. The molecule has 0 spiro atoms. The number of halogens is 3. The van der Waals surface area contributed by atoms with E-state index in [9.17, 15) is 18.4 Å². The number of nitrogens with zero attached hydrogens (tertiary/aromatic N) is 2. The lowest BCUT2D eigenvalue weighted by Crippen LogP contribution is -2.04. The average Bonchev–Trinajstić information content (AvgIpc) is 3.21. The molecule has 0 aliphatic carbocycles. The second kappa shape index (κ2) is 6.57. The highest BCUT2D eigenvalue weighted by molar-refractivity contribution is 7.11. The molecule has 3 nitrogen and oxygen atoms in total. The van der Waals surface area contributed by atoms with Crippen molar-refractivity contribution in [3.05, 3.63) is 63.8 Å². The van der Waals surface area contributed by atoms with E-state index in [-0.39, 0.29) is 0 Å². The summed E-state index contributed by atoms with van der Waals surface area (Å²) in [6.07, 6.45) is -2.89. The summed E-state index contributed by atoms with van der Waals surface area (Å²) >= 11 is 1.34. The lowest BCUT2D eigenvalue weighted by Gasteiger charge is -2.07. The molecule has 3 aromatic rings. The number of benzene rings is 1. The third kappa shape index (κ3) is 3.80. The number of allylic oxidation sites excluding steroid dienone is 1. The van der Waals surface area contributed by atoms with Gasteiger partial charge in [0.1, 0.15) is 22.6 Å². The molecular weight excluding hydrogens is 349 g/mol. The fourth-order valence-corrected chi connectivity index (χ4v) is 2.96. The molecule has 0 aliphatic rings. The van der Waals surface area contributed by atoms with Crippen LogP contribution < -0.4 is 0 Å². The standard InChI is InChI=1S/C18H11F3N2OS/c1-11-10-25-17(23-11)13(9-22)8-15-5-6-16(24-15)12-3-2-4-14(7-12)18(19,20)21/h2-8,10H,1H3/b13-8+. The molecule has 2 aromatic heterocycles. The smallest absolute Gasteiger partial charge is 0.416 e. The van der Waals surface area contributed by atoms with Crippen molar-refractivity contribution in [3.8, 4) is 17.4 Å². The third-order valence-electron chi connectivity index (χ3n) is 3.36. The zero-order valence-electron chi connectivity index (χ0n) is 13.0. The van der Waals surface area contributed by atoms with E-state index in [1.165, 1.54) is 29.5 Å². The first kappa shape index (κ1) is 17.0. The molecule has 2 heterocycles. The van der Waals surface area contributed by atoms with E-state index in [2.05, 4.69) is 11.1 Å². The molecule has 0 bridgehead atoms. The van der Waals surface area contributed by atoms with Gasteiger partial charge < -0.3 is 4.42 Å². The Morgan fingerprint density at radius 1 is 1.28 bits per heavy atom. The molecular formula is C18H11F3N2OS. The Morgan fingerprint density at radius 3 is 2.72 bits per heavy atom. The van der Waals surface area contributed by atoms with Gasteiger partial charge >= 0.3 is 6.18 Å². The summed E-state index contributed by atoms with van der Waals surface area (Å²) in [4.78, 5) is 4.24. The molecule has 0 saturated heterocycles. The summed E-state index contributed by atoms with van der Waals surface area (Å²) < 4.78 is 44.0. The summed E-state index contributed by atoms with van der Waals surface area (Å²) in [6.45, 7) is 1.83. The quantitative estimate of drug-likeness (QED) is 0.555. The third-order valence-corrected chi connectivity index (χ3v) is 4.35. The van der Waals surface area contributed by atoms with E-state index in [4.69, 9.17) is 4.42 Å². The zero-order chi connectivity index (χ0) is 18.0. The number of aromatic nitrogens is 1. The maximum absolute atomic E-state index is 12.8. The lowest BCUT2D eigenvalue weighted by molar-refractivity contribution is -0.137. The van der Waals surface area contributed by atoms with Gasteiger partial charge in [-0.2, -0.15) is 18.4 Å². The van der Waals surface area contributed by atoms with Gasteiger partial charge in [0.25, 0.3) is 0 Å². The van der Waals surface area contributed by atoms with Crippen LogP contribution in [0.15, 0.2) is 46.2 Å². The van der Waals surface area contributed by atoms with E-state index in [0.717, 1.165) is 17.8 Å². The predicted molar refractivity (Wildman–Crippen MR) is 89.5 cm³/mol. The first-order chi connectivity index (χ1) is 11.9. The Labute approximate surface area is 145 Å². The lowest BCUT2D eigenvalue weighted by atomic mass is 10.1. The maximum atomic E-state index is 12.8. The Morgan fingerprint density at radius 2 is 2.08 bits per heavy atom. The van der Waals surface area contributed by atoms with Crippen molar-refractivity contribution in [2.24, 2.45) is 0 Å². The summed E-state index contributed by atoms with van der Waals surface area (Å²) in [7, 11) is 0. The van der Waals surface area contributed by atoms with Gasteiger partial charge in [0.05, 0.1) is 11.1 Å². The highest BCUT2D eigenvalue weighted by Crippen LogP contribution is 2.33. The largest absolute Gasteiger partial charge is 0.457 e. The van der Waals surface area contributed by atoms with Crippen molar-refractivity contribution < 1.29 is 17.6 Å². The highest BCUT2D eigenvalue weighted by atomic mass is 32.1. The van der Waals surface area contributed by atoms with E-state index < -0.39 is 11.7 Å². The van der Waals surface area contributed by atoms with Crippen molar-refractivity contribution in [1.29, 1.82) is 5.26 Å². The van der Waals surface area contributed by atoms with Gasteiger partial charge in [0.2, 0.25) is 0 Å². The SMILES string of the molecule is Cc1csc(/C(C#N)=C/c2ccc(-c3cccc(C(F)(F)F)c3)o2)n1. The number of hydrogen-bond donors (Lipinski definition) is 0. The van der Waals surface area contributed by atoms with Gasteiger partial charge in [0, 0.05) is 22.7 Å². The maximum Gasteiger partial charge on any atom is 0.416 e. The molecule has 7 heteroatoms. The van der Waals surface area contributed by atoms with Crippen LogP contribution in [-0.4, -0.2) is 4.98 Å². The summed E-state index contributed by atoms with van der Waals surface area (Å²) in [5.74, 6) is 0.668. The fourth-order valence-electron chi connectivity index (χ4n) is 2.20. The molecule has 1 aromatic carbocycles. The van der Waals surface area contributed by atoms with Crippen LogP contribution in [0, 0.1) is 18.3 Å². The van der Waals surface area contributed by atoms with Crippen molar-refractivity contribution in [2.75, 3.05) is 0 Å². The Hall–Kier alpha value is -2.85. The monoisotopic (exact) mass is 360 g/mol. The van der Waals surface area contributed by atoms with Crippen LogP contribution in [0.1, 0.15) is 22.0 Å². The summed E-state index contributed by atoms with van der Waals surface area (Å²) in [5, 5.41) is 11.7. The van der Waals surface area contributed by atoms with Crippen molar-refractivity contribution in [3.63, 3.8) is 0 Å². The second-order valence-electron chi connectivity index (χ2n) is 5.24. The molecule has 0 radical (unpaired) electrons. The molecule has 0 saturated carbocycles. The molecule has 0 amide bonds. The van der Waals surface area contributed by atoms with E-state index in [1.807, 2.05) is 12.3 Å². The van der Waals surface area contributed by atoms with Gasteiger partial charge in [-0.1, -0.05) is 12.1 Å². The van der Waals surface area contributed by atoms with E-state index in [1.54, 1.807) is 12.1 Å². The predicted octanol–water partition coefficient (Wildman–Crippen LogP) is 5.79. The normalized spacial score (nSPS) is 12.2. The Kier molecular flexibility index (Phi) is 4.47. The number of aryl methyl sites for hydroxylation is 1. The highest BCUT2D eigenvalue weighted by Gasteiger charge is 2.30. The van der Waals surface area contributed by atoms with Crippen LogP contribution in [0.5, 0.6) is 0 Å². The minimum Gasteiger partial charge on any atom is -0.457 e. The van der Waals surface area contributed by atoms with Gasteiger partial charge in [-0.15, -0.1) is 11.3 Å². The molecule has 0 N–H and O–H groups in total. The van der Waals surface area contributed by atoms with Crippen molar-refractivity contribution in [1.82, 2.24) is 4.98 Å². The molecule has 126 valence electrons. The van der Waals surface area contributed by atoms with Crippen LogP contribution in [0.2, 0.25) is 0 Å². The van der Waals surface area contributed by atoms with Crippen LogP contribution in [0.25, 0.3) is 23.0 Å². The number of rotatable bonds is 3. The van der Waals surface area contributed by atoms with Crippen LogP contribution in [-0.2, 0) is 6.18 Å². The van der Waals surface area contributed by atoms with Gasteiger partial charge in [-0.25, -0.2) is 4.98 Å². The summed E-state index contributed by atoms with van der Waals surface area (Å²) in [6, 6.07) is 10.1.